The number of nitriles is 1. The molecule has 27 heavy (non-hydrogen) atoms. The number of fused-ring (bicyclic) bond motifs is 4. The van der Waals surface area contributed by atoms with Crippen LogP contribution in [0.4, 0.5) is 0 Å². The highest BCUT2D eigenvalue weighted by Gasteiger charge is 2.37. The first-order valence-corrected chi connectivity index (χ1v) is 9.36. The van der Waals surface area contributed by atoms with Crippen LogP contribution < -0.4 is 0 Å². The molecule has 2 bridgehead atoms. The van der Waals surface area contributed by atoms with E-state index in [0.29, 0.717) is 17.2 Å². The molecule has 0 aromatic carbocycles. The fourth-order valence-corrected chi connectivity index (χ4v) is 4.26. The number of nitrogens with zero attached hydrogens (tertiary/aromatic N) is 5. The first-order valence-electron chi connectivity index (χ1n) is 9.36. The van der Waals surface area contributed by atoms with Gasteiger partial charge in [-0.3, -0.25) is 9.69 Å². The number of carbonyl (C=O) groups is 1. The van der Waals surface area contributed by atoms with Crippen molar-refractivity contribution in [2.75, 3.05) is 19.6 Å². The molecule has 5 heterocycles. The minimum absolute atomic E-state index is 0.0147. The molecule has 1 amide bonds. The molecule has 0 N–H and O–H groups in total. The first kappa shape index (κ1) is 17.7. The second-order valence-corrected chi connectivity index (χ2v) is 7.60. The number of aromatic nitrogens is 2. The molecule has 3 fully saturated rings. The summed E-state index contributed by atoms with van der Waals surface area (Å²) in [5.41, 5.74) is 2.99. The van der Waals surface area contributed by atoms with Crippen LogP contribution in [0.3, 0.4) is 0 Å². The van der Waals surface area contributed by atoms with Crippen LogP contribution in [-0.4, -0.2) is 51.5 Å². The van der Waals surface area contributed by atoms with E-state index in [2.05, 4.69) is 15.0 Å². The lowest BCUT2D eigenvalue weighted by Gasteiger charge is -2.36. The maximum absolute atomic E-state index is 13.0. The number of carbonyl (C=O) groups excluding carboxylic acids is 1. The van der Waals surface area contributed by atoms with Gasteiger partial charge < -0.3 is 9.42 Å². The Morgan fingerprint density at radius 1 is 1.30 bits per heavy atom. The van der Waals surface area contributed by atoms with Gasteiger partial charge in [0, 0.05) is 44.0 Å². The van der Waals surface area contributed by atoms with E-state index >= 15 is 0 Å². The van der Waals surface area contributed by atoms with E-state index < -0.39 is 0 Å². The second kappa shape index (κ2) is 7.12. The summed E-state index contributed by atoms with van der Waals surface area (Å²) in [6.07, 6.45) is 3.69. The van der Waals surface area contributed by atoms with Crippen LogP contribution in [0.2, 0.25) is 0 Å². The van der Waals surface area contributed by atoms with Crippen molar-refractivity contribution in [3.05, 3.63) is 46.6 Å². The number of aryl methyl sites for hydroxylation is 2. The van der Waals surface area contributed by atoms with E-state index in [4.69, 9.17) is 9.78 Å². The van der Waals surface area contributed by atoms with Crippen molar-refractivity contribution in [2.45, 2.75) is 39.3 Å². The van der Waals surface area contributed by atoms with Crippen LogP contribution in [-0.2, 0) is 6.54 Å². The Morgan fingerprint density at radius 2 is 2.15 bits per heavy atom. The van der Waals surface area contributed by atoms with Gasteiger partial charge in [0.05, 0.1) is 11.3 Å². The van der Waals surface area contributed by atoms with Crippen LogP contribution in [0.25, 0.3) is 0 Å². The van der Waals surface area contributed by atoms with E-state index in [1.165, 1.54) is 6.20 Å². The zero-order valence-electron chi connectivity index (χ0n) is 15.7. The average molecular weight is 365 g/mol. The van der Waals surface area contributed by atoms with Crippen LogP contribution >= 0.6 is 0 Å². The SMILES string of the molecule is Cc1noc(C)c1CN1C[C@@H]2CC[C@H](C1)N(C(=O)c1ccc(C#N)nc1)C2. The van der Waals surface area contributed by atoms with Crippen molar-refractivity contribution < 1.29 is 9.32 Å². The predicted octanol–water partition coefficient (Wildman–Crippen LogP) is 2.29. The molecule has 0 radical (unpaired) electrons. The second-order valence-electron chi connectivity index (χ2n) is 7.60. The van der Waals surface area contributed by atoms with Gasteiger partial charge in [-0.05, 0) is 44.7 Å². The van der Waals surface area contributed by atoms with Gasteiger partial charge >= 0.3 is 0 Å². The summed E-state index contributed by atoms with van der Waals surface area (Å²) in [6, 6.07) is 5.50. The maximum atomic E-state index is 13.0. The lowest BCUT2D eigenvalue weighted by atomic mass is 9.94. The van der Waals surface area contributed by atoms with E-state index in [1.807, 2.05) is 24.8 Å². The standard InChI is InChI=1S/C20H23N5O2/c1-13-19(14(2)27-23-13)12-24-9-15-3-6-18(11-24)25(10-15)20(26)16-4-5-17(7-21)22-8-16/h4-5,8,15,18H,3,6,9-12H2,1-2H3/t15-,18+/m0/s1. The molecular weight excluding hydrogens is 342 g/mol. The molecule has 3 aliphatic rings. The topological polar surface area (TPSA) is 86.3 Å². The van der Waals surface area contributed by atoms with E-state index in [1.54, 1.807) is 12.1 Å². The molecule has 2 atom stereocenters. The van der Waals surface area contributed by atoms with Crippen LogP contribution in [0.1, 0.15) is 45.9 Å². The quantitative estimate of drug-likeness (QED) is 0.829. The number of piperidine rings is 1. The van der Waals surface area contributed by atoms with Crippen molar-refractivity contribution in [1.82, 2.24) is 19.9 Å². The third-order valence-electron chi connectivity index (χ3n) is 5.74. The smallest absolute Gasteiger partial charge is 0.255 e. The third kappa shape index (κ3) is 3.45. The van der Waals surface area contributed by atoms with Gasteiger partial charge in [-0.2, -0.15) is 5.26 Å². The molecule has 0 unspecified atom stereocenters. The Morgan fingerprint density at radius 3 is 2.81 bits per heavy atom. The molecule has 0 saturated carbocycles. The highest BCUT2D eigenvalue weighted by atomic mass is 16.5. The number of rotatable bonds is 3. The molecule has 3 saturated heterocycles. The van der Waals surface area contributed by atoms with E-state index in [0.717, 1.165) is 56.0 Å². The van der Waals surface area contributed by atoms with Gasteiger partial charge in [0.15, 0.2) is 0 Å². The highest BCUT2D eigenvalue weighted by Crippen LogP contribution is 2.30. The minimum Gasteiger partial charge on any atom is -0.361 e. The molecule has 7 nitrogen and oxygen atoms in total. The number of pyridine rings is 1. The van der Waals surface area contributed by atoms with Crippen molar-refractivity contribution in [2.24, 2.45) is 5.92 Å². The Bertz CT molecular complexity index is 863. The largest absolute Gasteiger partial charge is 0.361 e. The fraction of sp³-hybridized carbons (Fsp3) is 0.500. The lowest BCUT2D eigenvalue weighted by molar-refractivity contribution is 0.0584. The minimum atomic E-state index is 0.0147. The molecule has 2 aromatic heterocycles. The van der Waals surface area contributed by atoms with Crippen LogP contribution in [0.15, 0.2) is 22.9 Å². The Kier molecular flexibility index (Phi) is 4.66. The van der Waals surface area contributed by atoms with E-state index in [-0.39, 0.29) is 11.9 Å². The molecule has 0 spiro atoms. The molecular formula is C20H23N5O2. The van der Waals surface area contributed by atoms with Crippen molar-refractivity contribution in [1.29, 1.82) is 5.26 Å². The highest BCUT2D eigenvalue weighted by molar-refractivity contribution is 5.94. The number of hydrogen-bond donors (Lipinski definition) is 0. The zero-order chi connectivity index (χ0) is 19.0. The lowest BCUT2D eigenvalue weighted by Crippen LogP contribution is -2.47. The van der Waals surface area contributed by atoms with Gasteiger partial charge in [0.25, 0.3) is 5.91 Å². The summed E-state index contributed by atoms with van der Waals surface area (Å²) >= 11 is 0. The number of hydrogen-bond acceptors (Lipinski definition) is 6. The Balaban J connectivity index is 1.51. The Hall–Kier alpha value is -2.72. The van der Waals surface area contributed by atoms with Crippen molar-refractivity contribution >= 4 is 5.91 Å². The first-order chi connectivity index (χ1) is 13.0. The normalized spacial score (nSPS) is 22.5. The molecule has 2 aromatic rings. The average Bonchev–Trinajstić information content (AvgIpc) is 2.86. The molecule has 7 heteroatoms. The van der Waals surface area contributed by atoms with Crippen molar-refractivity contribution in [3.8, 4) is 6.07 Å². The predicted molar refractivity (Wildman–Crippen MR) is 97.8 cm³/mol. The maximum Gasteiger partial charge on any atom is 0.255 e. The molecule has 5 rings (SSSR count). The molecule has 0 aliphatic carbocycles. The summed E-state index contributed by atoms with van der Waals surface area (Å²) < 4.78 is 5.30. The van der Waals surface area contributed by atoms with Crippen LogP contribution in [0.5, 0.6) is 0 Å². The zero-order valence-corrected chi connectivity index (χ0v) is 15.7. The summed E-state index contributed by atoms with van der Waals surface area (Å²) in [7, 11) is 0. The fourth-order valence-electron chi connectivity index (χ4n) is 4.26. The van der Waals surface area contributed by atoms with Crippen molar-refractivity contribution in [3.63, 3.8) is 0 Å². The number of amides is 1. The summed E-state index contributed by atoms with van der Waals surface area (Å²) in [6.45, 7) is 7.36. The summed E-state index contributed by atoms with van der Waals surface area (Å²) in [5, 5.41) is 12.9. The van der Waals surface area contributed by atoms with Gasteiger partial charge in [-0.15, -0.1) is 0 Å². The summed E-state index contributed by atoms with van der Waals surface area (Å²) in [4.78, 5) is 21.5. The van der Waals surface area contributed by atoms with Gasteiger partial charge in [-0.25, -0.2) is 4.98 Å². The summed E-state index contributed by atoms with van der Waals surface area (Å²) in [5.74, 6) is 1.36. The van der Waals surface area contributed by atoms with Gasteiger partial charge in [0.2, 0.25) is 0 Å². The third-order valence-corrected chi connectivity index (χ3v) is 5.74. The van der Waals surface area contributed by atoms with Gasteiger partial charge in [-0.1, -0.05) is 5.16 Å². The molecule has 140 valence electrons. The Labute approximate surface area is 158 Å². The van der Waals surface area contributed by atoms with E-state index in [9.17, 15) is 4.79 Å². The molecule has 3 aliphatic heterocycles. The van der Waals surface area contributed by atoms with Crippen LogP contribution in [0, 0.1) is 31.1 Å². The monoisotopic (exact) mass is 365 g/mol. The van der Waals surface area contributed by atoms with Gasteiger partial charge in [0.1, 0.15) is 17.5 Å².